The second kappa shape index (κ2) is 6.36. The Morgan fingerprint density at radius 2 is 1.75 bits per heavy atom. The summed E-state index contributed by atoms with van der Waals surface area (Å²) in [5.41, 5.74) is 0. The zero-order valence-corrected chi connectivity index (χ0v) is 7.55. The van der Waals surface area contributed by atoms with Gasteiger partial charge in [0.15, 0.2) is 0 Å². The molecule has 0 aliphatic carbocycles. The second-order valence-electron chi connectivity index (χ2n) is 2.01. The first-order chi connectivity index (χ1) is 5.56. The van der Waals surface area contributed by atoms with Crippen molar-refractivity contribution in [1.82, 2.24) is 0 Å². The van der Waals surface area contributed by atoms with Gasteiger partial charge in [0.1, 0.15) is 0 Å². The molecule has 0 amide bonds. The van der Waals surface area contributed by atoms with Crippen LogP contribution in [0.5, 0.6) is 0 Å². The van der Waals surface area contributed by atoms with E-state index in [0.717, 1.165) is 0 Å². The summed E-state index contributed by atoms with van der Waals surface area (Å²) in [6.07, 6.45) is 0. The summed E-state index contributed by atoms with van der Waals surface area (Å²) in [5.74, 6) is -0.378. The van der Waals surface area contributed by atoms with Crippen molar-refractivity contribution >= 4 is 10.1 Å². The van der Waals surface area contributed by atoms with Gasteiger partial charge in [0.25, 0.3) is 10.1 Å². The molecule has 0 atom stereocenters. The molecule has 0 saturated heterocycles. The Bertz CT molecular complexity index is 186. The van der Waals surface area contributed by atoms with Gasteiger partial charge in [0.2, 0.25) is 0 Å². The van der Waals surface area contributed by atoms with Gasteiger partial charge in [-0.1, -0.05) is 0 Å². The standard InChI is InChI=1S/C6H13O5S/c1-2-10-3-4-11-5-6-12(7,8)9/h1-6H2,(H,7,8,9). The number of rotatable bonds is 7. The van der Waals surface area contributed by atoms with Crippen molar-refractivity contribution in [1.29, 1.82) is 0 Å². The predicted octanol–water partition coefficient (Wildman–Crippen LogP) is -0.259. The van der Waals surface area contributed by atoms with Gasteiger partial charge in [-0.15, -0.1) is 0 Å². The Kier molecular flexibility index (Phi) is 6.27. The molecule has 0 saturated carbocycles. The highest BCUT2D eigenvalue weighted by atomic mass is 32.2. The van der Waals surface area contributed by atoms with Crippen LogP contribution in [0.4, 0.5) is 0 Å². The SMILES string of the molecule is [CH2]COCCOCCS(=O)(=O)O. The summed E-state index contributed by atoms with van der Waals surface area (Å²) in [7, 11) is -3.90. The summed E-state index contributed by atoms with van der Waals surface area (Å²) >= 11 is 0. The van der Waals surface area contributed by atoms with Gasteiger partial charge in [-0.2, -0.15) is 8.42 Å². The van der Waals surface area contributed by atoms with Gasteiger partial charge in [0, 0.05) is 6.61 Å². The van der Waals surface area contributed by atoms with Gasteiger partial charge in [-0.3, -0.25) is 4.55 Å². The van der Waals surface area contributed by atoms with Crippen LogP contribution in [-0.4, -0.2) is 45.2 Å². The molecule has 5 nitrogen and oxygen atoms in total. The van der Waals surface area contributed by atoms with E-state index >= 15 is 0 Å². The van der Waals surface area contributed by atoms with Crippen molar-refractivity contribution in [3.05, 3.63) is 6.92 Å². The fraction of sp³-hybridized carbons (Fsp3) is 0.833. The quantitative estimate of drug-likeness (QED) is 0.449. The predicted molar refractivity (Wildman–Crippen MR) is 43.4 cm³/mol. The molecule has 0 fully saturated rings. The lowest BCUT2D eigenvalue weighted by atomic mass is 10.7. The Morgan fingerprint density at radius 3 is 2.25 bits per heavy atom. The van der Waals surface area contributed by atoms with Crippen LogP contribution in [0.3, 0.4) is 0 Å². The lowest BCUT2D eigenvalue weighted by Gasteiger charge is -2.02. The Balaban J connectivity index is 3.12. The van der Waals surface area contributed by atoms with Crippen LogP contribution in [0.25, 0.3) is 0 Å². The maximum absolute atomic E-state index is 10.2. The highest BCUT2D eigenvalue weighted by molar-refractivity contribution is 7.85. The van der Waals surface area contributed by atoms with E-state index in [4.69, 9.17) is 14.0 Å². The normalized spacial score (nSPS) is 11.8. The smallest absolute Gasteiger partial charge is 0.267 e. The zero-order valence-electron chi connectivity index (χ0n) is 6.73. The molecular formula is C6H13O5S. The molecule has 1 radical (unpaired) electrons. The van der Waals surface area contributed by atoms with Crippen molar-refractivity contribution in [3.63, 3.8) is 0 Å². The molecule has 0 aromatic carbocycles. The van der Waals surface area contributed by atoms with Crippen LogP contribution in [0.15, 0.2) is 0 Å². The van der Waals surface area contributed by atoms with Crippen LogP contribution in [-0.2, 0) is 19.6 Å². The maximum Gasteiger partial charge on any atom is 0.267 e. The second-order valence-corrected chi connectivity index (χ2v) is 3.58. The van der Waals surface area contributed by atoms with Crippen molar-refractivity contribution in [2.24, 2.45) is 0 Å². The first-order valence-electron chi connectivity index (χ1n) is 3.46. The highest BCUT2D eigenvalue weighted by Gasteiger charge is 2.02. The summed E-state index contributed by atoms with van der Waals surface area (Å²) in [6, 6.07) is 0. The molecule has 0 rings (SSSR count). The number of hydrogen-bond acceptors (Lipinski definition) is 4. The molecule has 0 aromatic rings. The summed E-state index contributed by atoms with van der Waals surface area (Å²) in [4.78, 5) is 0. The van der Waals surface area contributed by atoms with Crippen molar-refractivity contribution in [2.75, 3.05) is 32.2 Å². The topological polar surface area (TPSA) is 72.8 Å². The Morgan fingerprint density at radius 1 is 1.17 bits per heavy atom. The third-order valence-corrected chi connectivity index (χ3v) is 1.68. The molecular weight excluding hydrogens is 184 g/mol. The Labute approximate surface area is 72.4 Å². The van der Waals surface area contributed by atoms with E-state index in [1.165, 1.54) is 0 Å². The average Bonchev–Trinajstić information content (AvgIpc) is 1.94. The van der Waals surface area contributed by atoms with Crippen LogP contribution in [0, 0.1) is 6.92 Å². The molecule has 12 heavy (non-hydrogen) atoms. The first-order valence-corrected chi connectivity index (χ1v) is 5.07. The molecule has 0 aromatic heterocycles. The van der Waals surface area contributed by atoms with Crippen LogP contribution < -0.4 is 0 Å². The molecule has 1 N–H and O–H groups in total. The minimum atomic E-state index is -3.90. The molecule has 0 aliphatic heterocycles. The molecule has 0 aliphatic rings. The van der Waals surface area contributed by atoms with E-state index in [-0.39, 0.29) is 12.4 Å². The first kappa shape index (κ1) is 11.8. The average molecular weight is 197 g/mol. The monoisotopic (exact) mass is 197 g/mol. The van der Waals surface area contributed by atoms with E-state index in [2.05, 4.69) is 6.92 Å². The summed E-state index contributed by atoms with van der Waals surface area (Å²) < 4.78 is 38.2. The Hall–Kier alpha value is -0.170. The van der Waals surface area contributed by atoms with E-state index < -0.39 is 10.1 Å². The summed E-state index contributed by atoms with van der Waals surface area (Å²) in [5, 5.41) is 0. The number of hydrogen-bond donors (Lipinski definition) is 1. The van der Waals surface area contributed by atoms with E-state index in [1.807, 2.05) is 0 Å². The lowest BCUT2D eigenvalue weighted by Crippen LogP contribution is -2.13. The van der Waals surface area contributed by atoms with Gasteiger partial charge in [-0.05, 0) is 6.92 Å². The van der Waals surface area contributed by atoms with Crippen molar-refractivity contribution < 1.29 is 22.4 Å². The van der Waals surface area contributed by atoms with E-state index in [1.54, 1.807) is 0 Å². The third kappa shape index (κ3) is 9.83. The van der Waals surface area contributed by atoms with Crippen LogP contribution in [0.1, 0.15) is 0 Å². The zero-order chi connectivity index (χ0) is 9.45. The number of ether oxygens (including phenoxy) is 2. The van der Waals surface area contributed by atoms with Gasteiger partial charge in [0.05, 0.1) is 25.6 Å². The lowest BCUT2D eigenvalue weighted by molar-refractivity contribution is 0.0642. The molecule has 73 valence electrons. The van der Waals surface area contributed by atoms with Gasteiger partial charge >= 0.3 is 0 Å². The van der Waals surface area contributed by atoms with Crippen LogP contribution >= 0.6 is 0 Å². The third-order valence-electron chi connectivity index (χ3n) is 1.00. The molecule has 6 heteroatoms. The minimum absolute atomic E-state index is 0.0145. The minimum Gasteiger partial charge on any atom is -0.379 e. The van der Waals surface area contributed by atoms with Gasteiger partial charge in [-0.25, -0.2) is 0 Å². The molecule has 0 unspecified atom stereocenters. The fourth-order valence-corrected chi connectivity index (χ4v) is 0.815. The van der Waals surface area contributed by atoms with Crippen molar-refractivity contribution in [2.45, 2.75) is 0 Å². The molecule has 0 bridgehead atoms. The molecule has 0 heterocycles. The summed E-state index contributed by atoms with van der Waals surface area (Å²) in [6.45, 7) is 4.47. The largest absolute Gasteiger partial charge is 0.379 e. The highest BCUT2D eigenvalue weighted by Crippen LogP contribution is 1.84. The van der Waals surface area contributed by atoms with Crippen molar-refractivity contribution in [3.8, 4) is 0 Å². The molecule has 0 spiro atoms. The fourth-order valence-electron chi connectivity index (χ4n) is 0.486. The van der Waals surface area contributed by atoms with Gasteiger partial charge < -0.3 is 9.47 Å². The van der Waals surface area contributed by atoms with E-state index in [0.29, 0.717) is 19.8 Å². The van der Waals surface area contributed by atoms with Crippen LogP contribution in [0.2, 0.25) is 0 Å². The van der Waals surface area contributed by atoms with E-state index in [9.17, 15) is 8.42 Å². The maximum atomic E-state index is 10.2.